The van der Waals surface area contributed by atoms with Crippen molar-refractivity contribution in [2.24, 2.45) is 5.14 Å². The molecule has 12 heteroatoms. The van der Waals surface area contributed by atoms with E-state index in [0.717, 1.165) is 10.4 Å². The molecule has 0 saturated carbocycles. The van der Waals surface area contributed by atoms with Gasteiger partial charge < -0.3 is 5.11 Å². The minimum atomic E-state index is -4.57. The lowest BCUT2D eigenvalue weighted by Gasteiger charge is -2.29. The van der Waals surface area contributed by atoms with Crippen molar-refractivity contribution < 1.29 is 21.9 Å². The zero-order chi connectivity index (χ0) is 25.7. The van der Waals surface area contributed by atoms with E-state index in [-0.39, 0.29) is 22.3 Å². The van der Waals surface area contributed by atoms with Gasteiger partial charge in [-0.25, -0.2) is 26.3 Å². The Morgan fingerprint density at radius 3 is 1.91 bits per heavy atom. The van der Waals surface area contributed by atoms with Crippen LogP contribution in [-0.2, 0) is 20.0 Å². The summed E-state index contributed by atoms with van der Waals surface area (Å²) in [6.45, 7) is 3.32. The number of rotatable bonds is 5. The number of sulfonamides is 2. The fourth-order valence-electron chi connectivity index (χ4n) is 3.72. The van der Waals surface area contributed by atoms with Gasteiger partial charge in [0, 0.05) is 21.6 Å². The monoisotopic (exact) mass is 551 g/mol. The largest absolute Gasteiger partial charge is 0.504 e. The number of phenols is 1. The van der Waals surface area contributed by atoms with Gasteiger partial charge in [-0.05, 0) is 67.4 Å². The summed E-state index contributed by atoms with van der Waals surface area (Å²) in [6, 6.07) is 13.3. The molecule has 0 saturated heterocycles. The van der Waals surface area contributed by atoms with Crippen LogP contribution in [0.5, 0.6) is 5.75 Å². The predicted octanol–water partition coefficient (Wildman–Crippen LogP) is 5.04. The molecule has 0 bridgehead atoms. The van der Waals surface area contributed by atoms with Crippen LogP contribution in [0.3, 0.4) is 0 Å². The Morgan fingerprint density at radius 1 is 0.857 bits per heavy atom. The van der Waals surface area contributed by atoms with E-state index in [1.807, 2.05) is 0 Å². The van der Waals surface area contributed by atoms with Crippen LogP contribution in [0, 0.1) is 13.8 Å². The van der Waals surface area contributed by atoms with Gasteiger partial charge in [0.15, 0.2) is 5.75 Å². The Bertz CT molecular complexity index is 1660. The van der Waals surface area contributed by atoms with Crippen molar-refractivity contribution in [3.8, 4) is 5.75 Å². The second-order valence-electron chi connectivity index (χ2n) is 7.70. The third-order valence-corrected chi connectivity index (χ3v) is 9.04. The Hall–Kier alpha value is -2.89. The van der Waals surface area contributed by atoms with E-state index >= 15 is 0 Å². The van der Waals surface area contributed by atoms with Gasteiger partial charge in [0.2, 0.25) is 10.0 Å². The molecule has 1 heterocycles. The molecule has 0 fully saturated rings. The average Bonchev–Trinajstić information content (AvgIpc) is 2.79. The molecule has 0 aliphatic heterocycles. The van der Waals surface area contributed by atoms with Crippen LogP contribution < -0.4 is 9.44 Å². The van der Waals surface area contributed by atoms with Crippen LogP contribution in [0.1, 0.15) is 11.1 Å². The van der Waals surface area contributed by atoms with E-state index in [1.165, 1.54) is 18.3 Å². The van der Waals surface area contributed by atoms with E-state index in [4.69, 9.17) is 28.3 Å². The number of pyridine rings is 1. The number of fused-ring (bicyclic) bond motifs is 1. The Balaban J connectivity index is 2.17. The van der Waals surface area contributed by atoms with Crippen molar-refractivity contribution in [2.45, 2.75) is 23.6 Å². The maximum atomic E-state index is 14.4. The van der Waals surface area contributed by atoms with Crippen LogP contribution >= 0.6 is 23.2 Å². The molecule has 182 valence electrons. The molecule has 0 atom stereocenters. The summed E-state index contributed by atoms with van der Waals surface area (Å²) in [5, 5.41) is 16.5. The Kier molecular flexibility index (Phi) is 6.45. The van der Waals surface area contributed by atoms with Crippen LogP contribution in [0.25, 0.3) is 10.9 Å². The summed E-state index contributed by atoms with van der Waals surface area (Å²) in [4.78, 5) is 2.80. The molecule has 4 rings (SSSR count). The van der Waals surface area contributed by atoms with Gasteiger partial charge in [-0.2, -0.15) is 0 Å². The first-order valence-electron chi connectivity index (χ1n) is 10.0. The summed E-state index contributed by atoms with van der Waals surface area (Å²) >= 11 is 12.7. The minimum Gasteiger partial charge on any atom is -0.504 e. The molecule has 8 nitrogen and oxygen atoms in total. The number of halogens is 2. The van der Waals surface area contributed by atoms with E-state index in [9.17, 15) is 21.9 Å². The molecule has 3 N–H and O–H groups in total. The van der Waals surface area contributed by atoms with Crippen molar-refractivity contribution in [2.75, 3.05) is 4.31 Å². The number of benzene rings is 3. The van der Waals surface area contributed by atoms with Gasteiger partial charge in [0.1, 0.15) is 10.4 Å². The first-order chi connectivity index (χ1) is 16.4. The molecule has 4 aromatic rings. The second kappa shape index (κ2) is 8.96. The summed E-state index contributed by atoms with van der Waals surface area (Å²) in [5.41, 5.74) is 1.15. The topological polar surface area (TPSA) is 131 Å². The molecule has 3 aromatic carbocycles. The Labute approximate surface area is 212 Å². The van der Waals surface area contributed by atoms with Crippen LogP contribution in [0.4, 0.5) is 11.4 Å². The van der Waals surface area contributed by atoms with Gasteiger partial charge in [0.25, 0.3) is 10.0 Å². The van der Waals surface area contributed by atoms with Crippen molar-refractivity contribution in [3.05, 3.63) is 82.0 Å². The van der Waals surface area contributed by atoms with Gasteiger partial charge in [-0.3, -0.25) is 4.98 Å². The molecule has 0 spiro atoms. The van der Waals surface area contributed by atoms with Crippen molar-refractivity contribution in [3.63, 3.8) is 0 Å². The van der Waals surface area contributed by atoms with Crippen LogP contribution in [0.2, 0.25) is 10.0 Å². The number of anilines is 2. The fraction of sp³-hybridized carbons (Fsp3) is 0.0870. The first-order valence-corrected chi connectivity index (χ1v) is 13.8. The SMILES string of the molecule is Cc1c(Cl)cccc1N(c1cccc(Cl)c1C)S(=O)(=O)c1cc(S(N)(=O)=O)c(O)c2ncccc12. The third-order valence-electron chi connectivity index (χ3n) is 5.53. The third kappa shape index (κ3) is 4.32. The number of nitrogens with zero attached hydrogens (tertiary/aromatic N) is 2. The van der Waals surface area contributed by atoms with Gasteiger partial charge >= 0.3 is 0 Å². The zero-order valence-electron chi connectivity index (χ0n) is 18.4. The molecule has 1 aromatic heterocycles. The molecule has 0 amide bonds. The second-order valence-corrected chi connectivity index (χ2v) is 11.8. The highest BCUT2D eigenvalue weighted by molar-refractivity contribution is 7.93. The summed E-state index contributed by atoms with van der Waals surface area (Å²) in [5.74, 6) is -0.744. The lowest BCUT2D eigenvalue weighted by molar-refractivity contribution is 0.463. The zero-order valence-corrected chi connectivity index (χ0v) is 21.5. The predicted molar refractivity (Wildman–Crippen MR) is 136 cm³/mol. The summed E-state index contributed by atoms with van der Waals surface area (Å²) < 4.78 is 54.2. The molecule has 0 unspecified atom stereocenters. The number of nitrogens with two attached hydrogens (primary N) is 1. The molecule has 35 heavy (non-hydrogen) atoms. The van der Waals surface area contributed by atoms with Crippen molar-refractivity contribution in [1.29, 1.82) is 0 Å². The number of hydrogen-bond acceptors (Lipinski definition) is 6. The van der Waals surface area contributed by atoms with Crippen LogP contribution in [0.15, 0.2) is 70.6 Å². The maximum Gasteiger partial charge on any atom is 0.269 e. The quantitative estimate of drug-likeness (QED) is 0.357. The first kappa shape index (κ1) is 25.2. The highest BCUT2D eigenvalue weighted by Gasteiger charge is 2.34. The number of phenolic OH excluding ortho intramolecular Hbond substituents is 1. The van der Waals surface area contributed by atoms with Gasteiger partial charge in [0.05, 0.1) is 16.3 Å². The van der Waals surface area contributed by atoms with Crippen LogP contribution in [-0.4, -0.2) is 26.9 Å². The Morgan fingerprint density at radius 2 is 1.40 bits per heavy atom. The smallest absolute Gasteiger partial charge is 0.269 e. The lowest BCUT2D eigenvalue weighted by atomic mass is 10.1. The number of aromatic nitrogens is 1. The maximum absolute atomic E-state index is 14.4. The molecule has 0 radical (unpaired) electrons. The van der Waals surface area contributed by atoms with Gasteiger partial charge in [-0.1, -0.05) is 35.3 Å². The van der Waals surface area contributed by atoms with E-state index in [0.29, 0.717) is 21.2 Å². The number of primary sulfonamides is 1. The highest BCUT2D eigenvalue weighted by Crippen LogP contribution is 2.43. The normalized spacial score (nSPS) is 12.1. The van der Waals surface area contributed by atoms with E-state index in [2.05, 4.69) is 4.98 Å². The van der Waals surface area contributed by atoms with Gasteiger partial charge in [-0.15, -0.1) is 0 Å². The standard InChI is InChI=1S/C23H19Cl2N3O5S2/c1-13-16(24)7-3-9-18(13)28(19-10-4-8-17(25)14(19)2)35(32,33)20-12-21(34(26,30)31)23(29)22-15(20)6-5-11-27-22/h3-12,29H,1-2H3,(H2,26,30,31). The molecule has 0 aliphatic rings. The molecular formula is C23H19Cl2N3O5S2. The van der Waals surface area contributed by atoms with E-state index < -0.39 is 35.6 Å². The summed E-state index contributed by atoms with van der Waals surface area (Å²) in [6.07, 6.45) is 1.30. The summed E-state index contributed by atoms with van der Waals surface area (Å²) in [7, 11) is -9.07. The molecule has 0 aliphatic carbocycles. The molecular weight excluding hydrogens is 533 g/mol. The minimum absolute atomic E-state index is 0.00163. The number of aromatic hydroxyl groups is 1. The average molecular weight is 552 g/mol. The number of hydrogen-bond donors (Lipinski definition) is 2. The highest BCUT2D eigenvalue weighted by atomic mass is 35.5. The van der Waals surface area contributed by atoms with E-state index in [1.54, 1.807) is 50.2 Å². The fourth-order valence-corrected chi connectivity index (χ4v) is 6.61. The lowest BCUT2D eigenvalue weighted by Crippen LogP contribution is -2.28. The van der Waals surface area contributed by atoms with Crippen molar-refractivity contribution >= 4 is 65.5 Å². The van der Waals surface area contributed by atoms with Crippen molar-refractivity contribution in [1.82, 2.24) is 4.98 Å².